The fraction of sp³-hybridized carbons (Fsp3) is 0.741. The Labute approximate surface area is 185 Å². The molecule has 0 aromatic heterocycles. The molecule has 0 saturated carbocycles. The van der Waals surface area contributed by atoms with E-state index in [2.05, 4.69) is 64.3 Å². The van der Waals surface area contributed by atoms with Crippen LogP contribution in [0.25, 0.3) is 0 Å². The molecule has 0 aliphatic carbocycles. The van der Waals surface area contributed by atoms with Crippen molar-refractivity contribution < 1.29 is 4.79 Å². The molecule has 2 rings (SSSR count). The number of amides is 1. The molecular weight excluding hydrogens is 368 g/mol. The van der Waals surface area contributed by atoms with Crippen molar-refractivity contribution in [3.63, 3.8) is 0 Å². The Hall–Kier alpha value is -1.35. The lowest BCUT2D eigenvalue weighted by molar-refractivity contribution is 0.0530. The minimum Gasteiger partial charge on any atom is -0.349 e. The van der Waals surface area contributed by atoms with Gasteiger partial charge in [-0.1, -0.05) is 78.0 Å². The van der Waals surface area contributed by atoms with E-state index in [1.165, 1.54) is 44.1 Å². The van der Waals surface area contributed by atoms with Gasteiger partial charge in [-0.3, -0.25) is 4.79 Å². The molecule has 1 saturated heterocycles. The average molecular weight is 415 g/mol. The number of carbonyl (C=O) groups is 1. The van der Waals surface area contributed by atoms with Crippen LogP contribution in [-0.2, 0) is 6.42 Å². The third-order valence-corrected chi connectivity index (χ3v) is 7.76. The molecule has 1 fully saturated rings. The summed E-state index contributed by atoms with van der Waals surface area (Å²) in [6.45, 7) is 13.7. The Morgan fingerprint density at radius 1 is 1.03 bits per heavy atom. The van der Waals surface area contributed by atoms with Crippen LogP contribution >= 0.6 is 0 Å². The van der Waals surface area contributed by atoms with Crippen LogP contribution in [0.1, 0.15) is 115 Å². The standard InChI is InChI=1S/C27H46N2O/c1-7-10-11-12-13-14-17-22-18-15-16-19-23(22)25(30)28-24-20-26(5,8-2)29-27(6,9-3)21(24)4/h15-16,18-19,21,24,29H,7-14,17,20H2,1-6H3,(H,28,30). The largest absolute Gasteiger partial charge is 0.349 e. The third-order valence-electron chi connectivity index (χ3n) is 7.76. The summed E-state index contributed by atoms with van der Waals surface area (Å²) in [5, 5.41) is 7.35. The molecule has 30 heavy (non-hydrogen) atoms. The lowest BCUT2D eigenvalue weighted by Gasteiger charge is -2.53. The Balaban J connectivity index is 2.06. The summed E-state index contributed by atoms with van der Waals surface area (Å²) >= 11 is 0. The number of aryl methyl sites for hydroxylation is 1. The maximum Gasteiger partial charge on any atom is 0.251 e. The van der Waals surface area contributed by atoms with Crippen molar-refractivity contribution in [1.82, 2.24) is 10.6 Å². The van der Waals surface area contributed by atoms with Crippen LogP contribution in [0.3, 0.4) is 0 Å². The molecule has 1 aromatic rings. The van der Waals surface area contributed by atoms with Gasteiger partial charge in [0.2, 0.25) is 0 Å². The van der Waals surface area contributed by atoms with E-state index in [4.69, 9.17) is 0 Å². The van der Waals surface area contributed by atoms with E-state index in [0.717, 1.165) is 31.2 Å². The summed E-state index contributed by atoms with van der Waals surface area (Å²) in [7, 11) is 0. The number of nitrogens with one attached hydrogen (secondary N) is 2. The van der Waals surface area contributed by atoms with Crippen molar-refractivity contribution in [2.45, 2.75) is 123 Å². The summed E-state index contributed by atoms with van der Waals surface area (Å²) in [4.78, 5) is 13.3. The third kappa shape index (κ3) is 6.33. The first-order valence-electron chi connectivity index (χ1n) is 12.5. The summed E-state index contributed by atoms with van der Waals surface area (Å²) in [5.41, 5.74) is 2.17. The zero-order chi connectivity index (χ0) is 22.2. The number of unbranched alkanes of at least 4 members (excludes halogenated alkanes) is 5. The summed E-state index contributed by atoms with van der Waals surface area (Å²) in [5.74, 6) is 0.490. The van der Waals surface area contributed by atoms with E-state index in [0.29, 0.717) is 5.92 Å². The molecule has 1 aliphatic rings. The Bertz CT molecular complexity index is 673. The van der Waals surface area contributed by atoms with Gasteiger partial charge in [0.15, 0.2) is 0 Å². The number of benzene rings is 1. The lowest BCUT2D eigenvalue weighted by Crippen LogP contribution is -2.68. The van der Waals surface area contributed by atoms with Gasteiger partial charge >= 0.3 is 0 Å². The smallest absolute Gasteiger partial charge is 0.251 e. The molecule has 0 radical (unpaired) electrons. The summed E-state index contributed by atoms with van der Waals surface area (Å²) in [6, 6.07) is 8.40. The molecule has 1 amide bonds. The molecule has 0 spiro atoms. The van der Waals surface area contributed by atoms with Gasteiger partial charge in [-0.2, -0.15) is 0 Å². The van der Waals surface area contributed by atoms with Crippen LogP contribution in [0.5, 0.6) is 0 Å². The maximum absolute atomic E-state index is 13.3. The molecule has 1 aliphatic heterocycles. The first-order valence-corrected chi connectivity index (χ1v) is 12.5. The minimum absolute atomic E-state index is 0.0406. The zero-order valence-corrected chi connectivity index (χ0v) is 20.4. The molecule has 4 atom stereocenters. The number of hydrogen-bond donors (Lipinski definition) is 2. The highest BCUT2D eigenvalue weighted by Crippen LogP contribution is 2.37. The fourth-order valence-corrected chi connectivity index (χ4v) is 5.08. The first kappa shape index (κ1) is 24.9. The lowest BCUT2D eigenvalue weighted by atomic mass is 9.69. The van der Waals surface area contributed by atoms with Crippen molar-refractivity contribution >= 4 is 5.91 Å². The molecular formula is C27H46N2O. The highest BCUT2D eigenvalue weighted by atomic mass is 16.1. The number of rotatable bonds is 11. The van der Waals surface area contributed by atoms with Gasteiger partial charge < -0.3 is 10.6 Å². The molecule has 3 heteroatoms. The second kappa shape index (κ2) is 11.3. The van der Waals surface area contributed by atoms with Crippen LogP contribution in [0.15, 0.2) is 24.3 Å². The van der Waals surface area contributed by atoms with Crippen LogP contribution in [-0.4, -0.2) is 23.0 Å². The van der Waals surface area contributed by atoms with E-state index in [1.54, 1.807) is 0 Å². The van der Waals surface area contributed by atoms with Gasteiger partial charge in [0, 0.05) is 22.7 Å². The SMILES string of the molecule is CCCCCCCCc1ccccc1C(=O)NC1CC(C)(CC)NC(C)(CC)C1C. The van der Waals surface area contributed by atoms with E-state index in [-0.39, 0.29) is 23.0 Å². The number of piperidine rings is 1. The molecule has 3 nitrogen and oxygen atoms in total. The quantitative estimate of drug-likeness (QED) is 0.398. The van der Waals surface area contributed by atoms with Gasteiger partial charge in [0.25, 0.3) is 5.91 Å². The molecule has 0 bridgehead atoms. The van der Waals surface area contributed by atoms with Crippen LogP contribution in [0.2, 0.25) is 0 Å². The Kier molecular flexibility index (Phi) is 9.40. The number of hydrogen-bond acceptors (Lipinski definition) is 2. The van der Waals surface area contributed by atoms with Crippen LogP contribution in [0.4, 0.5) is 0 Å². The highest BCUT2D eigenvalue weighted by molar-refractivity contribution is 5.95. The van der Waals surface area contributed by atoms with E-state index >= 15 is 0 Å². The normalized spacial score (nSPS) is 29.0. The predicted molar refractivity (Wildman–Crippen MR) is 129 cm³/mol. The second-order valence-corrected chi connectivity index (χ2v) is 10.1. The minimum atomic E-state index is 0.0406. The molecule has 2 N–H and O–H groups in total. The van der Waals surface area contributed by atoms with Gasteiger partial charge in [-0.05, 0) is 63.5 Å². The fourth-order valence-electron chi connectivity index (χ4n) is 5.08. The summed E-state index contributed by atoms with van der Waals surface area (Å²) < 4.78 is 0. The van der Waals surface area contributed by atoms with Crippen molar-refractivity contribution in [2.24, 2.45) is 5.92 Å². The number of carbonyl (C=O) groups excluding carboxylic acids is 1. The zero-order valence-electron chi connectivity index (χ0n) is 20.4. The molecule has 4 unspecified atom stereocenters. The Morgan fingerprint density at radius 2 is 1.70 bits per heavy atom. The monoisotopic (exact) mass is 414 g/mol. The van der Waals surface area contributed by atoms with Gasteiger partial charge in [0.05, 0.1) is 0 Å². The van der Waals surface area contributed by atoms with E-state index in [9.17, 15) is 4.79 Å². The maximum atomic E-state index is 13.3. The van der Waals surface area contributed by atoms with Crippen LogP contribution < -0.4 is 10.6 Å². The summed E-state index contributed by atoms with van der Waals surface area (Å²) in [6.07, 6.45) is 11.8. The van der Waals surface area contributed by atoms with Crippen molar-refractivity contribution in [3.8, 4) is 0 Å². The van der Waals surface area contributed by atoms with E-state index in [1.807, 2.05) is 12.1 Å². The van der Waals surface area contributed by atoms with Gasteiger partial charge in [-0.15, -0.1) is 0 Å². The topological polar surface area (TPSA) is 41.1 Å². The van der Waals surface area contributed by atoms with Crippen molar-refractivity contribution in [3.05, 3.63) is 35.4 Å². The molecule has 1 heterocycles. The molecule has 1 aromatic carbocycles. The van der Waals surface area contributed by atoms with Crippen molar-refractivity contribution in [1.29, 1.82) is 0 Å². The first-order chi connectivity index (χ1) is 14.3. The van der Waals surface area contributed by atoms with Crippen LogP contribution in [0, 0.1) is 5.92 Å². The van der Waals surface area contributed by atoms with Crippen molar-refractivity contribution in [2.75, 3.05) is 0 Å². The Morgan fingerprint density at radius 3 is 2.37 bits per heavy atom. The van der Waals surface area contributed by atoms with Gasteiger partial charge in [0.1, 0.15) is 0 Å². The second-order valence-electron chi connectivity index (χ2n) is 10.1. The molecule has 170 valence electrons. The van der Waals surface area contributed by atoms with Gasteiger partial charge in [-0.25, -0.2) is 0 Å². The predicted octanol–water partition coefficient (Wildman–Crippen LogP) is 6.65. The average Bonchev–Trinajstić information content (AvgIpc) is 2.74. The highest BCUT2D eigenvalue weighted by Gasteiger charge is 2.46. The van der Waals surface area contributed by atoms with E-state index < -0.39 is 0 Å².